The van der Waals surface area contributed by atoms with Crippen LogP contribution in [-0.2, 0) is 0 Å². The van der Waals surface area contributed by atoms with E-state index in [1.165, 1.54) is 6.54 Å². The average molecular weight is 253 g/mol. The standard InChI is InChI=1S/C8H16N.HI/c1-5-6-7-8-9(2,3)4;/h1H,6-8H2,2-4H3;1H/q+1;/p-1. The quantitative estimate of drug-likeness (QED) is 0.239. The van der Waals surface area contributed by atoms with Crippen molar-refractivity contribution in [2.75, 3.05) is 27.7 Å². The molecule has 0 saturated carbocycles. The van der Waals surface area contributed by atoms with E-state index < -0.39 is 0 Å². The van der Waals surface area contributed by atoms with E-state index >= 15 is 0 Å². The Balaban J connectivity index is 0. The van der Waals surface area contributed by atoms with Gasteiger partial charge >= 0.3 is 0 Å². The lowest BCUT2D eigenvalue weighted by Crippen LogP contribution is -3.00. The van der Waals surface area contributed by atoms with Crippen LogP contribution in [0, 0.1) is 12.3 Å². The van der Waals surface area contributed by atoms with Gasteiger partial charge in [-0.1, -0.05) is 0 Å². The van der Waals surface area contributed by atoms with Crippen molar-refractivity contribution in [1.82, 2.24) is 0 Å². The first-order chi connectivity index (χ1) is 4.06. The van der Waals surface area contributed by atoms with Gasteiger partial charge in [-0.05, 0) is 0 Å². The molecule has 0 heterocycles. The monoisotopic (exact) mass is 253 g/mol. The molecule has 0 fully saturated rings. The molecule has 0 unspecified atom stereocenters. The summed E-state index contributed by atoms with van der Waals surface area (Å²) in [5.74, 6) is 2.63. The second-order valence-electron chi connectivity index (χ2n) is 3.32. The van der Waals surface area contributed by atoms with E-state index in [9.17, 15) is 0 Å². The van der Waals surface area contributed by atoms with Crippen LogP contribution < -0.4 is 24.0 Å². The zero-order valence-corrected chi connectivity index (χ0v) is 9.18. The van der Waals surface area contributed by atoms with Crippen molar-refractivity contribution < 1.29 is 28.5 Å². The Morgan fingerprint density at radius 2 is 1.80 bits per heavy atom. The van der Waals surface area contributed by atoms with Crippen LogP contribution in [0.5, 0.6) is 0 Å². The van der Waals surface area contributed by atoms with Crippen LogP contribution in [-0.4, -0.2) is 32.2 Å². The summed E-state index contributed by atoms with van der Waals surface area (Å²) in [5, 5.41) is 0. The van der Waals surface area contributed by atoms with Crippen LogP contribution in [0.15, 0.2) is 0 Å². The predicted molar refractivity (Wildman–Crippen MR) is 41.0 cm³/mol. The van der Waals surface area contributed by atoms with Crippen molar-refractivity contribution in [1.29, 1.82) is 0 Å². The molecule has 0 aliphatic rings. The molecule has 0 saturated heterocycles. The maximum Gasteiger partial charge on any atom is 0.0789 e. The Kier molecular flexibility index (Phi) is 7.72. The summed E-state index contributed by atoms with van der Waals surface area (Å²) in [5.41, 5.74) is 0. The minimum atomic E-state index is 0. The van der Waals surface area contributed by atoms with Crippen LogP contribution in [0.1, 0.15) is 12.8 Å². The highest BCUT2D eigenvalue weighted by molar-refractivity contribution is 4.82. The first-order valence-electron chi connectivity index (χ1n) is 3.30. The number of hydrogen-bond donors (Lipinski definition) is 0. The van der Waals surface area contributed by atoms with Crippen molar-refractivity contribution >= 4 is 0 Å². The summed E-state index contributed by atoms with van der Waals surface area (Å²) in [6.07, 6.45) is 7.15. The van der Waals surface area contributed by atoms with Gasteiger partial charge in [0.15, 0.2) is 0 Å². The molecular formula is C8H16IN. The third-order valence-electron chi connectivity index (χ3n) is 1.15. The topological polar surface area (TPSA) is 0 Å². The van der Waals surface area contributed by atoms with E-state index in [4.69, 9.17) is 6.42 Å². The fourth-order valence-corrected chi connectivity index (χ4v) is 0.655. The summed E-state index contributed by atoms with van der Waals surface area (Å²) >= 11 is 0. The molecule has 0 aromatic heterocycles. The maximum atomic E-state index is 5.10. The van der Waals surface area contributed by atoms with Gasteiger partial charge in [0.05, 0.1) is 27.7 Å². The molecule has 10 heavy (non-hydrogen) atoms. The fraction of sp³-hybridized carbons (Fsp3) is 0.750. The Morgan fingerprint density at radius 3 is 2.10 bits per heavy atom. The molecule has 0 amide bonds. The maximum absolute atomic E-state index is 5.10. The van der Waals surface area contributed by atoms with E-state index in [0.717, 1.165) is 17.3 Å². The number of halogens is 1. The Labute approximate surface area is 81.4 Å². The average Bonchev–Trinajstić information content (AvgIpc) is 1.63. The van der Waals surface area contributed by atoms with Gasteiger partial charge in [0.1, 0.15) is 0 Å². The molecule has 0 aliphatic heterocycles. The number of terminal acetylenes is 1. The molecule has 60 valence electrons. The number of hydrogen-bond acceptors (Lipinski definition) is 0. The van der Waals surface area contributed by atoms with Crippen LogP contribution in [0.25, 0.3) is 0 Å². The molecule has 0 aromatic rings. The van der Waals surface area contributed by atoms with Gasteiger partial charge in [-0.2, -0.15) is 0 Å². The second kappa shape index (κ2) is 5.99. The Hall–Kier alpha value is 0.250. The van der Waals surface area contributed by atoms with Crippen LogP contribution >= 0.6 is 0 Å². The van der Waals surface area contributed by atoms with E-state index in [0.29, 0.717) is 0 Å². The first-order valence-corrected chi connectivity index (χ1v) is 3.30. The number of nitrogens with zero attached hydrogens (tertiary/aromatic N) is 1. The number of unbranched alkanes of at least 4 members (excludes halogenated alkanes) is 1. The van der Waals surface area contributed by atoms with Crippen LogP contribution in [0.2, 0.25) is 0 Å². The Bertz CT molecular complexity index is 107. The van der Waals surface area contributed by atoms with E-state index in [2.05, 4.69) is 27.1 Å². The van der Waals surface area contributed by atoms with Gasteiger partial charge in [0.25, 0.3) is 0 Å². The van der Waals surface area contributed by atoms with Crippen LogP contribution in [0.3, 0.4) is 0 Å². The summed E-state index contributed by atoms with van der Waals surface area (Å²) in [6.45, 7) is 1.17. The number of quaternary nitrogens is 1. The van der Waals surface area contributed by atoms with Crippen molar-refractivity contribution in [2.24, 2.45) is 0 Å². The molecule has 0 spiro atoms. The summed E-state index contributed by atoms with van der Waals surface area (Å²) < 4.78 is 1.02. The van der Waals surface area contributed by atoms with Gasteiger partial charge in [0, 0.05) is 12.8 Å². The van der Waals surface area contributed by atoms with Crippen molar-refractivity contribution in [3.05, 3.63) is 0 Å². The van der Waals surface area contributed by atoms with Crippen LogP contribution in [0.4, 0.5) is 0 Å². The molecule has 0 aliphatic carbocycles. The lowest BCUT2D eigenvalue weighted by molar-refractivity contribution is -0.870. The van der Waals surface area contributed by atoms with E-state index in [1.54, 1.807) is 0 Å². The van der Waals surface area contributed by atoms with Gasteiger partial charge in [-0.3, -0.25) is 0 Å². The lowest BCUT2D eigenvalue weighted by Gasteiger charge is -2.23. The van der Waals surface area contributed by atoms with Crippen molar-refractivity contribution in [2.45, 2.75) is 12.8 Å². The first kappa shape index (κ1) is 12.9. The summed E-state index contributed by atoms with van der Waals surface area (Å²) in [4.78, 5) is 0. The molecule has 0 rings (SSSR count). The highest BCUT2D eigenvalue weighted by Crippen LogP contribution is 1.95. The smallest absolute Gasteiger partial charge is 0.0789 e. The predicted octanol–water partition coefficient (Wildman–Crippen LogP) is -1.89. The zero-order chi connectivity index (χ0) is 7.33. The van der Waals surface area contributed by atoms with Gasteiger partial charge in [0.2, 0.25) is 0 Å². The molecule has 0 radical (unpaired) electrons. The normalized spacial score (nSPS) is 9.80. The minimum Gasteiger partial charge on any atom is -1.00 e. The third kappa shape index (κ3) is 11.1. The molecule has 1 nitrogen and oxygen atoms in total. The molecule has 0 atom stereocenters. The van der Waals surface area contributed by atoms with Gasteiger partial charge in [-0.15, -0.1) is 12.3 Å². The second-order valence-corrected chi connectivity index (χ2v) is 3.32. The molecule has 0 N–H and O–H groups in total. The van der Waals surface area contributed by atoms with Crippen molar-refractivity contribution in [3.8, 4) is 12.3 Å². The summed E-state index contributed by atoms with van der Waals surface area (Å²) in [6, 6.07) is 0. The van der Waals surface area contributed by atoms with Gasteiger partial charge < -0.3 is 28.5 Å². The van der Waals surface area contributed by atoms with Crippen molar-refractivity contribution in [3.63, 3.8) is 0 Å². The largest absolute Gasteiger partial charge is 1.00 e. The Morgan fingerprint density at radius 1 is 1.30 bits per heavy atom. The van der Waals surface area contributed by atoms with E-state index in [-0.39, 0.29) is 24.0 Å². The van der Waals surface area contributed by atoms with Gasteiger partial charge in [-0.25, -0.2) is 0 Å². The highest BCUT2D eigenvalue weighted by atomic mass is 127. The molecule has 0 bridgehead atoms. The number of rotatable bonds is 3. The lowest BCUT2D eigenvalue weighted by atomic mass is 10.3. The zero-order valence-electron chi connectivity index (χ0n) is 7.02. The van der Waals surface area contributed by atoms with E-state index in [1.807, 2.05) is 0 Å². The molecule has 0 aromatic carbocycles. The molecular weight excluding hydrogens is 237 g/mol. The minimum absolute atomic E-state index is 0. The third-order valence-corrected chi connectivity index (χ3v) is 1.15. The SMILES string of the molecule is C#CCCC[N+](C)(C)C.[I-]. The summed E-state index contributed by atoms with van der Waals surface area (Å²) in [7, 11) is 6.53. The highest BCUT2D eigenvalue weighted by Gasteiger charge is 2.03. The fourth-order valence-electron chi connectivity index (χ4n) is 0.655. The molecule has 2 heteroatoms.